The summed E-state index contributed by atoms with van der Waals surface area (Å²) in [7, 11) is -7.08. The van der Waals surface area contributed by atoms with E-state index >= 15 is 0 Å². The molecular weight excluding hydrogens is 324 g/mol. The number of hydrogen-bond acceptors (Lipinski definition) is 5. The van der Waals surface area contributed by atoms with E-state index < -0.39 is 19.9 Å². The molecule has 8 heteroatoms. The molecule has 1 aliphatic rings. The highest BCUT2D eigenvalue weighted by Crippen LogP contribution is 2.25. The maximum atomic E-state index is 12.6. The number of rotatable bonds is 5. The lowest BCUT2D eigenvalue weighted by atomic mass is 9.99. The van der Waals surface area contributed by atoms with E-state index in [9.17, 15) is 16.8 Å². The van der Waals surface area contributed by atoms with Crippen molar-refractivity contribution in [1.29, 1.82) is 0 Å². The van der Waals surface area contributed by atoms with Gasteiger partial charge in [0, 0.05) is 13.1 Å². The van der Waals surface area contributed by atoms with Gasteiger partial charge in [-0.05, 0) is 43.5 Å². The summed E-state index contributed by atoms with van der Waals surface area (Å²) in [5, 5.41) is 0. The van der Waals surface area contributed by atoms with Gasteiger partial charge in [-0.25, -0.2) is 16.8 Å². The Morgan fingerprint density at radius 1 is 1.14 bits per heavy atom. The SMILES string of the molecule is CCS(=O)(=O)c1cccc(S(=O)(=O)N2CCC(CN)CC2)c1. The smallest absolute Gasteiger partial charge is 0.243 e. The molecule has 1 heterocycles. The first-order valence-corrected chi connectivity index (χ1v) is 10.4. The van der Waals surface area contributed by atoms with Gasteiger partial charge in [-0.15, -0.1) is 0 Å². The maximum Gasteiger partial charge on any atom is 0.243 e. The van der Waals surface area contributed by atoms with Crippen LogP contribution in [0.15, 0.2) is 34.1 Å². The van der Waals surface area contributed by atoms with Crippen LogP contribution in [0.2, 0.25) is 0 Å². The quantitative estimate of drug-likeness (QED) is 0.852. The number of hydrogen-bond donors (Lipinski definition) is 1. The van der Waals surface area contributed by atoms with Crippen LogP contribution in [-0.4, -0.2) is 46.5 Å². The minimum atomic E-state index is -3.66. The molecule has 0 aromatic heterocycles. The van der Waals surface area contributed by atoms with Crippen molar-refractivity contribution in [2.45, 2.75) is 29.6 Å². The Morgan fingerprint density at radius 3 is 2.27 bits per heavy atom. The zero-order chi connectivity index (χ0) is 16.4. The molecule has 0 amide bonds. The van der Waals surface area contributed by atoms with E-state index in [0.29, 0.717) is 25.6 Å². The number of benzene rings is 1. The lowest BCUT2D eigenvalue weighted by Gasteiger charge is -2.30. The number of piperidine rings is 1. The molecule has 0 bridgehead atoms. The van der Waals surface area contributed by atoms with Gasteiger partial charge in [-0.1, -0.05) is 13.0 Å². The first-order chi connectivity index (χ1) is 10.3. The molecule has 124 valence electrons. The van der Waals surface area contributed by atoms with Gasteiger partial charge in [0.1, 0.15) is 0 Å². The normalized spacial score (nSPS) is 18.5. The third-order valence-corrected chi connectivity index (χ3v) is 7.72. The van der Waals surface area contributed by atoms with Crippen molar-refractivity contribution in [3.05, 3.63) is 24.3 Å². The molecule has 1 aromatic rings. The van der Waals surface area contributed by atoms with Crippen LogP contribution in [0.5, 0.6) is 0 Å². The molecule has 0 unspecified atom stereocenters. The van der Waals surface area contributed by atoms with E-state index in [-0.39, 0.29) is 15.5 Å². The van der Waals surface area contributed by atoms with Gasteiger partial charge in [0.25, 0.3) is 0 Å². The fourth-order valence-corrected chi connectivity index (χ4v) is 5.05. The third-order valence-electron chi connectivity index (χ3n) is 4.09. The van der Waals surface area contributed by atoms with Crippen LogP contribution in [0.1, 0.15) is 19.8 Å². The van der Waals surface area contributed by atoms with Crippen LogP contribution < -0.4 is 5.73 Å². The predicted octanol–water partition coefficient (Wildman–Crippen LogP) is 0.840. The van der Waals surface area contributed by atoms with Crippen molar-refractivity contribution in [1.82, 2.24) is 4.31 Å². The van der Waals surface area contributed by atoms with Crippen LogP contribution in [0.25, 0.3) is 0 Å². The summed E-state index contributed by atoms with van der Waals surface area (Å²) < 4.78 is 50.5. The van der Waals surface area contributed by atoms with Crippen LogP contribution >= 0.6 is 0 Å². The summed E-state index contributed by atoms with van der Waals surface area (Å²) >= 11 is 0. The number of sulfonamides is 1. The van der Waals surface area contributed by atoms with Crippen molar-refractivity contribution in [3.8, 4) is 0 Å². The average Bonchev–Trinajstić information content (AvgIpc) is 2.55. The second-order valence-electron chi connectivity index (χ2n) is 5.46. The van der Waals surface area contributed by atoms with Gasteiger partial charge in [-0.2, -0.15) is 4.31 Å². The van der Waals surface area contributed by atoms with E-state index in [1.54, 1.807) is 0 Å². The molecule has 0 aliphatic carbocycles. The zero-order valence-corrected chi connectivity index (χ0v) is 14.2. The maximum absolute atomic E-state index is 12.6. The monoisotopic (exact) mass is 346 g/mol. The molecule has 1 aromatic carbocycles. The molecule has 2 rings (SSSR count). The van der Waals surface area contributed by atoms with Crippen molar-refractivity contribution < 1.29 is 16.8 Å². The Morgan fingerprint density at radius 2 is 1.73 bits per heavy atom. The highest BCUT2D eigenvalue weighted by atomic mass is 32.2. The van der Waals surface area contributed by atoms with Crippen LogP contribution in [0.3, 0.4) is 0 Å². The Hall–Kier alpha value is -0.960. The number of nitrogens with zero attached hydrogens (tertiary/aromatic N) is 1. The van der Waals surface area contributed by atoms with Gasteiger partial charge >= 0.3 is 0 Å². The summed E-state index contributed by atoms with van der Waals surface area (Å²) in [6.07, 6.45) is 1.48. The van der Waals surface area contributed by atoms with E-state index in [1.165, 1.54) is 35.5 Å². The van der Waals surface area contributed by atoms with Gasteiger partial charge in [0.05, 0.1) is 15.5 Å². The molecule has 1 fully saturated rings. The first kappa shape index (κ1) is 17.4. The number of nitrogens with two attached hydrogens (primary N) is 1. The molecule has 0 saturated carbocycles. The fourth-order valence-electron chi connectivity index (χ4n) is 2.53. The standard InChI is InChI=1S/C14H22N2O4S2/c1-2-21(17,18)13-4-3-5-14(10-13)22(19,20)16-8-6-12(11-15)7-9-16/h3-5,10,12H,2,6-9,11,15H2,1H3. The Bertz CT molecular complexity index is 721. The predicted molar refractivity (Wildman–Crippen MR) is 84.7 cm³/mol. The lowest BCUT2D eigenvalue weighted by Crippen LogP contribution is -2.40. The molecule has 6 nitrogen and oxygen atoms in total. The highest BCUT2D eigenvalue weighted by Gasteiger charge is 2.29. The lowest BCUT2D eigenvalue weighted by molar-refractivity contribution is 0.278. The third kappa shape index (κ3) is 3.51. The first-order valence-electron chi connectivity index (χ1n) is 7.34. The Balaban J connectivity index is 2.29. The molecule has 0 radical (unpaired) electrons. The molecule has 1 saturated heterocycles. The van der Waals surface area contributed by atoms with Crippen LogP contribution in [0.4, 0.5) is 0 Å². The van der Waals surface area contributed by atoms with Crippen molar-refractivity contribution in [2.75, 3.05) is 25.4 Å². The number of sulfone groups is 1. The summed E-state index contributed by atoms with van der Waals surface area (Å²) in [4.78, 5) is 0.0844. The minimum absolute atomic E-state index is 0.0354. The summed E-state index contributed by atoms with van der Waals surface area (Å²) in [6.45, 7) is 2.95. The van der Waals surface area contributed by atoms with Gasteiger partial charge in [-0.3, -0.25) is 0 Å². The van der Waals surface area contributed by atoms with Crippen molar-refractivity contribution >= 4 is 19.9 Å². The summed E-state index contributed by atoms with van der Waals surface area (Å²) in [5.41, 5.74) is 5.62. The van der Waals surface area contributed by atoms with Crippen molar-refractivity contribution in [3.63, 3.8) is 0 Å². The average molecular weight is 346 g/mol. The minimum Gasteiger partial charge on any atom is -0.330 e. The molecule has 2 N–H and O–H groups in total. The second-order valence-corrected chi connectivity index (χ2v) is 9.68. The Labute approximate surface area is 132 Å². The molecule has 22 heavy (non-hydrogen) atoms. The fraction of sp³-hybridized carbons (Fsp3) is 0.571. The largest absolute Gasteiger partial charge is 0.330 e. The van der Waals surface area contributed by atoms with Gasteiger partial charge in [0.2, 0.25) is 10.0 Å². The van der Waals surface area contributed by atoms with Gasteiger partial charge in [0.15, 0.2) is 9.84 Å². The Kier molecular flexibility index (Phi) is 5.26. The van der Waals surface area contributed by atoms with Crippen LogP contribution in [-0.2, 0) is 19.9 Å². The second kappa shape index (κ2) is 6.66. The summed E-state index contributed by atoms with van der Waals surface area (Å²) in [5.74, 6) is 0.302. The van der Waals surface area contributed by atoms with E-state index in [2.05, 4.69) is 0 Å². The molecule has 1 aliphatic heterocycles. The highest BCUT2D eigenvalue weighted by molar-refractivity contribution is 7.91. The topological polar surface area (TPSA) is 97.5 Å². The van der Waals surface area contributed by atoms with E-state index in [4.69, 9.17) is 5.73 Å². The van der Waals surface area contributed by atoms with Crippen LogP contribution in [0, 0.1) is 5.92 Å². The molecule has 0 spiro atoms. The summed E-state index contributed by atoms with van der Waals surface area (Å²) in [6, 6.07) is 5.60. The zero-order valence-electron chi connectivity index (χ0n) is 12.6. The van der Waals surface area contributed by atoms with Gasteiger partial charge < -0.3 is 5.73 Å². The van der Waals surface area contributed by atoms with E-state index in [0.717, 1.165) is 12.8 Å². The van der Waals surface area contributed by atoms with Crippen molar-refractivity contribution in [2.24, 2.45) is 11.7 Å². The molecule has 0 atom stereocenters. The van der Waals surface area contributed by atoms with E-state index in [1.807, 2.05) is 0 Å². The molecular formula is C14H22N2O4S2.